The molecule has 0 saturated carbocycles. The van der Waals surface area contributed by atoms with Crippen molar-refractivity contribution >= 4 is 23.1 Å². The van der Waals surface area contributed by atoms with Crippen LogP contribution in [0.25, 0.3) is 33.5 Å². The summed E-state index contributed by atoms with van der Waals surface area (Å²) in [5.74, 6) is 0.861. The lowest BCUT2D eigenvalue weighted by Gasteiger charge is -2.26. The maximum Gasteiger partial charge on any atom is 0.413 e. The van der Waals surface area contributed by atoms with Gasteiger partial charge in [0.2, 0.25) is 5.95 Å². The van der Waals surface area contributed by atoms with Crippen LogP contribution in [0.3, 0.4) is 0 Å². The molecule has 0 bridgehead atoms. The number of benzene rings is 1. The minimum atomic E-state index is -0.572. The first kappa shape index (κ1) is 25.7. The quantitative estimate of drug-likeness (QED) is 0.362. The van der Waals surface area contributed by atoms with Crippen LogP contribution in [-0.2, 0) is 22.6 Å². The Kier molecular flexibility index (Phi) is 7.87. The molecule has 4 aromatic rings. The molecule has 0 unspecified atom stereocenters. The van der Waals surface area contributed by atoms with E-state index in [1.165, 1.54) is 0 Å². The molecule has 0 radical (unpaired) electrons. The van der Waals surface area contributed by atoms with Gasteiger partial charge in [0.25, 0.3) is 0 Å². The molecule has 1 aliphatic rings. The number of hydrogen-bond acceptors (Lipinski definition) is 9. The topological polar surface area (TPSA) is 121 Å². The van der Waals surface area contributed by atoms with E-state index in [0.717, 1.165) is 66.4 Å². The Morgan fingerprint density at radius 2 is 1.95 bits per heavy atom. The molecule has 198 valence electrons. The van der Waals surface area contributed by atoms with E-state index in [-0.39, 0.29) is 6.61 Å². The number of fused-ring (bicyclic) bond motifs is 1. The number of rotatable bonds is 8. The van der Waals surface area contributed by atoms with Crippen LogP contribution in [0.1, 0.15) is 18.3 Å². The second-order valence-corrected chi connectivity index (χ2v) is 9.38. The molecule has 1 fully saturated rings. The smallest absolute Gasteiger partial charge is 0.413 e. The molecule has 0 atom stereocenters. The number of anilines is 1. The summed E-state index contributed by atoms with van der Waals surface area (Å²) in [6.07, 6.45) is 3.07. The third-order valence-corrected chi connectivity index (χ3v) is 6.17. The molecule has 38 heavy (non-hydrogen) atoms. The Labute approximate surface area is 221 Å². The van der Waals surface area contributed by atoms with Crippen LogP contribution < -0.4 is 5.32 Å². The highest BCUT2D eigenvalue weighted by atomic mass is 16.5. The number of aromatic amines is 1. The third kappa shape index (κ3) is 6.13. The van der Waals surface area contributed by atoms with Gasteiger partial charge in [-0.05, 0) is 50.8 Å². The van der Waals surface area contributed by atoms with Crippen molar-refractivity contribution in [2.45, 2.75) is 20.0 Å². The number of carbonyl (C=O) groups is 1. The molecule has 0 spiro atoms. The van der Waals surface area contributed by atoms with Gasteiger partial charge < -0.3 is 19.4 Å². The summed E-state index contributed by atoms with van der Waals surface area (Å²) in [7, 11) is 4.00. The number of hydrogen-bond donors (Lipinski definition) is 2. The van der Waals surface area contributed by atoms with Crippen LogP contribution in [-0.4, -0.2) is 87.8 Å². The van der Waals surface area contributed by atoms with Gasteiger partial charge in [-0.1, -0.05) is 6.07 Å². The molecule has 4 heterocycles. The number of nitrogens with one attached hydrogen (secondary N) is 2. The number of H-pyrrole nitrogens is 1. The largest absolute Gasteiger partial charge is 0.450 e. The molecular weight excluding hydrogens is 484 g/mol. The highest BCUT2D eigenvalue weighted by Crippen LogP contribution is 2.32. The number of pyridine rings is 1. The van der Waals surface area contributed by atoms with Crippen LogP contribution in [0, 0.1) is 0 Å². The zero-order valence-electron chi connectivity index (χ0n) is 21.9. The van der Waals surface area contributed by atoms with Crippen molar-refractivity contribution in [3.8, 4) is 22.5 Å². The number of nitrogens with zero attached hydrogens (tertiary/aromatic N) is 6. The van der Waals surface area contributed by atoms with E-state index < -0.39 is 6.09 Å². The van der Waals surface area contributed by atoms with Crippen LogP contribution in [0.4, 0.5) is 10.7 Å². The van der Waals surface area contributed by atoms with E-state index in [0.29, 0.717) is 23.8 Å². The fraction of sp³-hybridized carbons (Fsp3) is 0.370. The Morgan fingerprint density at radius 3 is 2.68 bits per heavy atom. The SMILES string of the molecule is CCOC(=O)Nc1nc2cc(-c3ccc(CN4CCOCC4)nc3)cc(-c3nccc(CN(C)C)n3)c2[nH]1. The average molecular weight is 517 g/mol. The first-order valence-corrected chi connectivity index (χ1v) is 12.7. The molecule has 2 N–H and O–H groups in total. The maximum atomic E-state index is 12.0. The highest BCUT2D eigenvalue weighted by Gasteiger charge is 2.17. The molecule has 11 nitrogen and oxygen atoms in total. The molecular formula is C27H32N8O3. The summed E-state index contributed by atoms with van der Waals surface area (Å²) in [5, 5.41) is 2.65. The van der Waals surface area contributed by atoms with Gasteiger partial charge in [0.05, 0.1) is 42.2 Å². The van der Waals surface area contributed by atoms with Gasteiger partial charge >= 0.3 is 6.09 Å². The minimum Gasteiger partial charge on any atom is -0.450 e. The van der Waals surface area contributed by atoms with Crippen LogP contribution in [0.2, 0.25) is 0 Å². The van der Waals surface area contributed by atoms with Gasteiger partial charge in [-0.25, -0.2) is 19.7 Å². The maximum absolute atomic E-state index is 12.0. The van der Waals surface area contributed by atoms with Gasteiger partial charge in [-0.3, -0.25) is 15.2 Å². The van der Waals surface area contributed by atoms with Crippen molar-refractivity contribution < 1.29 is 14.3 Å². The normalized spacial score (nSPS) is 14.2. The van der Waals surface area contributed by atoms with Gasteiger partial charge in [0, 0.05) is 49.7 Å². The summed E-state index contributed by atoms with van der Waals surface area (Å²) >= 11 is 0. The Balaban J connectivity index is 1.51. The zero-order valence-corrected chi connectivity index (χ0v) is 21.9. The second kappa shape index (κ2) is 11.6. The first-order chi connectivity index (χ1) is 18.5. The summed E-state index contributed by atoms with van der Waals surface area (Å²) in [4.78, 5) is 38.3. The molecule has 11 heteroatoms. The number of morpholine rings is 1. The predicted octanol–water partition coefficient (Wildman–Crippen LogP) is 3.54. The number of ether oxygens (including phenoxy) is 2. The van der Waals surface area contributed by atoms with E-state index in [1.54, 1.807) is 13.1 Å². The Bertz CT molecular complexity index is 1400. The highest BCUT2D eigenvalue weighted by molar-refractivity contribution is 5.96. The molecule has 0 aliphatic carbocycles. The second-order valence-electron chi connectivity index (χ2n) is 9.38. The van der Waals surface area contributed by atoms with Gasteiger partial charge in [0.1, 0.15) is 0 Å². The van der Waals surface area contributed by atoms with Gasteiger partial charge in [0.15, 0.2) is 5.82 Å². The first-order valence-electron chi connectivity index (χ1n) is 12.7. The van der Waals surface area contributed by atoms with Crippen molar-refractivity contribution in [3.05, 3.63) is 54.1 Å². The van der Waals surface area contributed by atoms with Crippen LogP contribution in [0.15, 0.2) is 42.7 Å². The van der Waals surface area contributed by atoms with Crippen molar-refractivity contribution in [1.29, 1.82) is 0 Å². The molecule has 1 aromatic carbocycles. The van der Waals surface area contributed by atoms with Crippen molar-refractivity contribution in [2.24, 2.45) is 0 Å². The minimum absolute atomic E-state index is 0.266. The van der Waals surface area contributed by atoms with Crippen LogP contribution in [0.5, 0.6) is 0 Å². The van der Waals surface area contributed by atoms with Gasteiger partial charge in [-0.2, -0.15) is 0 Å². The number of aromatic nitrogens is 5. The van der Waals surface area contributed by atoms with Gasteiger partial charge in [-0.15, -0.1) is 0 Å². The lowest BCUT2D eigenvalue weighted by atomic mass is 10.0. The standard InChI is InChI=1S/C27H32N8O3/c1-4-38-27(36)33-26-31-23-14-19(18-5-6-20(29-15-18)17-35-9-11-37-12-10-35)13-22(24(23)32-26)25-28-8-7-21(30-25)16-34(2)3/h5-8,13-15H,4,9-12,16-17H2,1-3H3,(H2,31,32,33,36). The number of amides is 1. The van der Waals surface area contributed by atoms with E-state index in [1.807, 2.05) is 38.5 Å². The van der Waals surface area contributed by atoms with Crippen molar-refractivity contribution in [3.63, 3.8) is 0 Å². The Hall–Kier alpha value is -3.93. The van der Waals surface area contributed by atoms with E-state index in [4.69, 9.17) is 19.4 Å². The lowest BCUT2D eigenvalue weighted by Crippen LogP contribution is -2.35. The van der Waals surface area contributed by atoms with E-state index in [9.17, 15) is 4.79 Å². The number of imidazole rings is 1. The lowest BCUT2D eigenvalue weighted by molar-refractivity contribution is 0.0336. The predicted molar refractivity (Wildman–Crippen MR) is 144 cm³/mol. The summed E-state index contributed by atoms with van der Waals surface area (Å²) in [6.45, 7) is 6.84. The third-order valence-electron chi connectivity index (χ3n) is 6.17. The summed E-state index contributed by atoms with van der Waals surface area (Å²) in [5.41, 5.74) is 5.96. The molecule has 3 aromatic heterocycles. The van der Waals surface area contributed by atoms with Crippen molar-refractivity contribution in [2.75, 3.05) is 52.3 Å². The molecule has 1 aliphatic heterocycles. The fourth-order valence-corrected chi connectivity index (χ4v) is 4.39. The fourth-order valence-electron chi connectivity index (χ4n) is 4.39. The number of carbonyl (C=O) groups excluding carboxylic acids is 1. The summed E-state index contributed by atoms with van der Waals surface area (Å²) in [6, 6.07) is 10.0. The Morgan fingerprint density at radius 1 is 1.11 bits per heavy atom. The van der Waals surface area contributed by atoms with E-state index >= 15 is 0 Å². The molecule has 1 saturated heterocycles. The monoisotopic (exact) mass is 516 g/mol. The van der Waals surface area contributed by atoms with Crippen molar-refractivity contribution in [1.82, 2.24) is 34.7 Å². The molecule has 5 rings (SSSR count). The zero-order chi connectivity index (χ0) is 26.5. The van der Waals surface area contributed by atoms with Crippen LogP contribution >= 0.6 is 0 Å². The summed E-state index contributed by atoms with van der Waals surface area (Å²) < 4.78 is 10.5. The average Bonchev–Trinajstić information content (AvgIpc) is 3.31. The van der Waals surface area contributed by atoms with E-state index in [2.05, 4.69) is 42.2 Å². The molecule has 1 amide bonds.